The lowest BCUT2D eigenvalue weighted by Gasteiger charge is -2.14. The fourth-order valence-electron chi connectivity index (χ4n) is 5.98. The number of carboxylic acids is 2. The summed E-state index contributed by atoms with van der Waals surface area (Å²) in [5, 5.41) is 29.3. The van der Waals surface area contributed by atoms with E-state index in [0.717, 1.165) is 44.9 Å². The van der Waals surface area contributed by atoms with Crippen molar-refractivity contribution in [3.8, 4) is 0 Å². The molecule has 0 heterocycles. The van der Waals surface area contributed by atoms with Gasteiger partial charge in [-0.15, -0.1) is 0 Å². The van der Waals surface area contributed by atoms with Crippen LogP contribution in [0.3, 0.4) is 0 Å². The van der Waals surface area contributed by atoms with Crippen LogP contribution in [0.4, 0.5) is 0 Å². The van der Waals surface area contributed by atoms with E-state index in [0.29, 0.717) is 85.0 Å². The fraction of sp³-hybridized carbons (Fsp3) is 0.857. The zero-order valence-electron chi connectivity index (χ0n) is 35.7. The molecule has 0 aromatic carbocycles. The third kappa shape index (κ3) is 43.1. The third-order valence-electron chi connectivity index (χ3n) is 9.37. The minimum Gasteiger partial charge on any atom is -0.481 e. The number of carboxylic acid groups (broad SMARTS) is 2. The SMILES string of the molecule is O=C(O)CCCCCCCCCCCCCCCCCCC(=O)N[C@@H](CCCCNC(=O)CCOCCOCCNC(=O)CCOCCOCCNC(=O)CBr)C(=O)O. The third-order valence-corrected chi connectivity index (χ3v) is 9.88. The van der Waals surface area contributed by atoms with E-state index < -0.39 is 18.0 Å². The lowest BCUT2D eigenvalue weighted by atomic mass is 10.0. The van der Waals surface area contributed by atoms with Crippen molar-refractivity contribution in [3.63, 3.8) is 0 Å². The molecule has 0 fully saturated rings. The summed E-state index contributed by atoms with van der Waals surface area (Å²) in [6.07, 6.45) is 20.7. The Hall–Kier alpha value is -2.86. The molecule has 6 N–H and O–H groups in total. The number of carbonyl (C=O) groups excluding carboxylic acids is 4. The Kier molecular flexibility index (Phi) is 41.1. The van der Waals surface area contributed by atoms with Crippen molar-refractivity contribution in [1.29, 1.82) is 0 Å². The maximum absolute atomic E-state index is 12.3. The molecule has 0 bridgehead atoms. The van der Waals surface area contributed by atoms with Gasteiger partial charge < -0.3 is 50.4 Å². The molecule has 0 saturated heterocycles. The predicted octanol–water partition coefficient (Wildman–Crippen LogP) is 5.42. The Balaban J connectivity index is 3.58. The Bertz CT molecular complexity index is 1090. The average molecular weight is 910 g/mol. The largest absolute Gasteiger partial charge is 0.481 e. The summed E-state index contributed by atoms with van der Waals surface area (Å²) < 4.78 is 21.5. The number of nitrogens with one attached hydrogen (secondary N) is 4. The van der Waals surface area contributed by atoms with Crippen LogP contribution < -0.4 is 21.3 Å². The fourth-order valence-corrected chi connectivity index (χ4v) is 6.18. The number of unbranched alkanes of at least 4 members (excludes halogenated alkanes) is 16. The molecule has 16 nitrogen and oxygen atoms in total. The van der Waals surface area contributed by atoms with Crippen LogP contribution in [0.2, 0.25) is 0 Å². The van der Waals surface area contributed by atoms with Gasteiger partial charge in [0, 0.05) is 45.3 Å². The number of aliphatic carboxylic acids is 2. The van der Waals surface area contributed by atoms with Gasteiger partial charge in [-0.25, -0.2) is 4.79 Å². The number of hydrogen-bond donors (Lipinski definition) is 6. The number of alkyl halides is 1. The lowest BCUT2D eigenvalue weighted by Crippen LogP contribution is -2.40. The molecular formula is C42H77BrN4O12. The summed E-state index contributed by atoms with van der Waals surface area (Å²) in [5.74, 6) is -2.39. The number of rotatable bonds is 45. The Morgan fingerprint density at radius 1 is 0.407 bits per heavy atom. The van der Waals surface area contributed by atoms with Crippen LogP contribution in [0.5, 0.6) is 0 Å². The Morgan fingerprint density at radius 2 is 0.797 bits per heavy atom. The average Bonchev–Trinajstić information content (AvgIpc) is 3.21. The monoisotopic (exact) mass is 908 g/mol. The van der Waals surface area contributed by atoms with Crippen LogP contribution in [0, 0.1) is 0 Å². The molecular weight excluding hydrogens is 832 g/mol. The van der Waals surface area contributed by atoms with E-state index in [1.54, 1.807) is 0 Å². The summed E-state index contributed by atoms with van der Waals surface area (Å²) in [7, 11) is 0. The number of ether oxygens (including phenoxy) is 4. The Labute approximate surface area is 361 Å². The van der Waals surface area contributed by atoms with E-state index in [2.05, 4.69) is 37.2 Å². The number of amides is 4. The highest BCUT2D eigenvalue weighted by molar-refractivity contribution is 9.09. The van der Waals surface area contributed by atoms with Crippen molar-refractivity contribution in [2.45, 2.75) is 154 Å². The Morgan fingerprint density at radius 3 is 1.22 bits per heavy atom. The molecule has 0 saturated carbocycles. The smallest absolute Gasteiger partial charge is 0.326 e. The van der Waals surface area contributed by atoms with Crippen LogP contribution in [0.25, 0.3) is 0 Å². The molecule has 0 spiro atoms. The molecule has 0 aromatic rings. The van der Waals surface area contributed by atoms with Gasteiger partial charge in [-0.2, -0.15) is 0 Å². The second-order valence-electron chi connectivity index (χ2n) is 14.6. The molecule has 0 aliphatic carbocycles. The molecule has 4 amide bonds. The van der Waals surface area contributed by atoms with Gasteiger partial charge in [-0.1, -0.05) is 106 Å². The number of carbonyl (C=O) groups is 6. The quantitative estimate of drug-likeness (QED) is 0.0333. The van der Waals surface area contributed by atoms with Crippen molar-refractivity contribution in [1.82, 2.24) is 21.3 Å². The summed E-state index contributed by atoms with van der Waals surface area (Å²) in [4.78, 5) is 69.5. The number of hydrogen-bond acceptors (Lipinski definition) is 10. The molecule has 0 aromatic heterocycles. The standard InChI is InChI=1S/C42H77BrN4O12/c43-35-40(51)46-26-30-59-34-32-57-28-23-38(49)45-25-29-58-33-31-56-27-22-37(48)44-24-18-17-19-36(42(54)55)47-39(50)20-15-13-11-9-7-5-3-1-2-4-6-8-10-12-14-16-21-41(52)53/h36H,1-35H2,(H,44,48)(H,45,49)(H,46,51)(H,47,50)(H,52,53)(H,54,55)/t36-/m0/s1. The molecule has 344 valence electrons. The van der Waals surface area contributed by atoms with Gasteiger partial charge >= 0.3 is 11.9 Å². The second kappa shape index (κ2) is 43.2. The molecule has 0 unspecified atom stereocenters. The highest BCUT2D eigenvalue weighted by atomic mass is 79.9. The maximum Gasteiger partial charge on any atom is 0.326 e. The summed E-state index contributed by atoms with van der Waals surface area (Å²) >= 11 is 3.06. The summed E-state index contributed by atoms with van der Waals surface area (Å²) in [6, 6.07) is -0.935. The van der Waals surface area contributed by atoms with Gasteiger partial charge in [0.05, 0.1) is 58.2 Å². The molecule has 0 radical (unpaired) electrons. The molecule has 59 heavy (non-hydrogen) atoms. The molecule has 1 atom stereocenters. The number of halogens is 1. The van der Waals surface area contributed by atoms with Crippen LogP contribution >= 0.6 is 15.9 Å². The zero-order chi connectivity index (χ0) is 43.4. The van der Waals surface area contributed by atoms with Crippen molar-refractivity contribution in [3.05, 3.63) is 0 Å². The normalized spacial score (nSPS) is 11.5. The van der Waals surface area contributed by atoms with Crippen molar-refractivity contribution < 1.29 is 57.9 Å². The van der Waals surface area contributed by atoms with Crippen LogP contribution in [-0.2, 0) is 47.7 Å². The van der Waals surface area contributed by atoms with Crippen molar-refractivity contribution in [2.24, 2.45) is 0 Å². The van der Waals surface area contributed by atoms with Gasteiger partial charge in [0.1, 0.15) is 6.04 Å². The second-order valence-corrected chi connectivity index (χ2v) is 15.2. The highest BCUT2D eigenvalue weighted by Gasteiger charge is 2.19. The van der Waals surface area contributed by atoms with E-state index in [1.807, 2.05) is 0 Å². The van der Waals surface area contributed by atoms with Gasteiger partial charge in [0.15, 0.2) is 0 Å². The van der Waals surface area contributed by atoms with Gasteiger partial charge in [0.2, 0.25) is 23.6 Å². The van der Waals surface area contributed by atoms with Crippen LogP contribution in [-0.4, -0.2) is 130 Å². The van der Waals surface area contributed by atoms with Crippen molar-refractivity contribution >= 4 is 51.5 Å². The van der Waals surface area contributed by atoms with E-state index in [1.165, 1.54) is 57.8 Å². The topological polar surface area (TPSA) is 228 Å². The van der Waals surface area contributed by atoms with Gasteiger partial charge in [0.25, 0.3) is 0 Å². The van der Waals surface area contributed by atoms with Gasteiger partial charge in [-0.05, 0) is 32.1 Å². The first-order chi connectivity index (χ1) is 28.6. The minimum atomic E-state index is -1.05. The lowest BCUT2D eigenvalue weighted by molar-refractivity contribution is -0.142. The summed E-state index contributed by atoms with van der Waals surface area (Å²) in [6.45, 7) is 3.80. The molecule has 0 aliphatic heterocycles. The maximum atomic E-state index is 12.3. The molecule has 17 heteroatoms. The first-order valence-electron chi connectivity index (χ1n) is 22.1. The first-order valence-corrected chi connectivity index (χ1v) is 23.2. The van der Waals surface area contributed by atoms with Gasteiger partial charge in [-0.3, -0.25) is 24.0 Å². The summed E-state index contributed by atoms with van der Waals surface area (Å²) in [5.41, 5.74) is 0. The van der Waals surface area contributed by atoms with E-state index in [4.69, 9.17) is 24.1 Å². The van der Waals surface area contributed by atoms with E-state index in [9.17, 15) is 33.9 Å². The molecule has 0 aliphatic rings. The van der Waals surface area contributed by atoms with E-state index >= 15 is 0 Å². The minimum absolute atomic E-state index is 0.0992. The van der Waals surface area contributed by atoms with Crippen LogP contribution in [0.15, 0.2) is 0 Å². The van der Waals surface area contributed by atoms with E-state index in [-0.39, 0.29) is 61.4 Å². The predicted molar refractivity (Wildman–Crippen MR) is 229 cm³/mol. The van der Waals surface area contributed by atoms with Crippen LogP contribution in [0.1, 0.15) is 148 Å². The zero-order valence-corrected chi connectivity index (χ0v) is 37.3. The highest BCUT2D eigenvalue weighted by Crippen LogP contribution is 2.14. The molecule has 0 rings (SSSR count). The first kappa shape index (κ1) is 56.1. The van der Waals surface area contributed by atoms with Crippen molar-refractivity contribution in [2.75, 3.05) is 77.8 Å².